The van der Waals surface area contributed by atoms with Gasteiger partial charge in [0.05, 0.1) is 18.1 Å². The minimum Gasteiger partial charge on any atom is -0.488 e. The summed E-state index contributed by atoms with van der Waals surface area (Å²) in [6, 6.07) is 5.52. The summed E-state index contributed by atoms with van der Waals surface area (Å²) in [4.78, 5) is 12.8. The van der Waals surface area contributed by atoms with Crippen LogP contribution in [0, 0.1) is 0 Å². The molecule has 1 aromatic carbocycles. The second-order valence-corrected chi connectivity index (χ2v) is 8.55. The van der Waals surface area contributed by atoms with Crippen molar-refractivity contribution in [3.05, 3.63) is 64.1 Å². The first-order chi connectivity index (χ1) is 15.8. The van der Waals surface area contributed by atoms with E-state index in [-0.39, 0.29) is 11.9 Å². The van der Waals surface area contributed by atoms with Crippen LogP contribution in [0.3, 0.4) is 0 Å². The highest BCUT2D eigenvalue weighted by Gasteiger charge is 2.21. The lowest BCUT2D eigenvalue weighted by atomic mass is 10.1. The van der Waals surface area contributed by atoms with Crippen LogP contribution < -0.4 is 19.8 Å². The van der Waals surface area contributed by atoms with Gasteiger partial charge in [-0.1, -0.05) is 42.4 Å². The summed E-state index contributed by atoms with van der Waals surface area (Å²) < 4.78 is 23.4. The Balaban J connectivity index is 2.29. The van der Waals surface area contributed by atoms with E-state index in [4.69, 9.17) is 18.6 Å². The summed E-state index contributed by atoms with van der Waals surface area (Å²) in [5, 5.41) is 0.659. The lowest BCUT2D eigenvalue weighted by Gasteiger charge is -2.16. The van der Waals surface area contributed by atoms with Crippen LogP contribution in [-0.2, 0) is 0 Å². The molecule has 33 heavy (non-hydrogen) atoms. The number of para-hydroxylation sites is 1. The molecule has 2 rings (SSSR count). The fraction of sp³-hybridized carbons (Fsp3) is 0.464. The molecule has 2 aromatic rings. The average molecular weight is 455 g/mol. The molecule has 0 saturated carbocycles. The van der Waals surface area contributed by atoms with Gasteiger partial charge in [0.2, 0.25) is 5.75 Å². The molecule has 5 heteroatoms. The molecular weight excluding hydrogens is 416 g/mol. The third-order valence-electron chi connectivity index (χ3n) is 4.86. The maximum atomic E-state index is 12.8. The molecule has 1 heterocycles. The highest BCUT2D eigenvalue weighted by atomic mass is 16.5. The number of allylic oxidation sites excluding steroid dienone is 4. The molecule has 0 aliphatic heterocycles. The van der Waals surface area contributed by atoms with Gasteiger partial charge >= 0.3 is 5.63 Å². The van der Waals surface area contributed by atoms with E-state index in [0.717, 1.165) is 25.7 Å². The van der Waals surface area contributed by atoms with Crippen LogP contribution in [0.25, 0.3) is 11.0 Å². The van der Waals surface area contributed by atoms with E-state index in [9.17, 15) is 4.79 Å². The van der Waals surface area contributed by atoms with Gasteiger partial charge in [-0.3, -0.25) is 0 Å². The van der Waals surface area contributed by atoms with Gasteiger partial charge in [-0.25, -0.2) is 4.79 Å². The van der Waals surface area contributed by atoms with Gasteiger partial charge in [0.1, 0.15) is 6.61 Å². The molecule has 0 fully saturated rings. The Bertz CT molecular complexity index is 1040. The van der Waals surface area contributed by atoms with Gasteiger partial charge in [-0.15, -0.1) is 0 Å². The first-order valence-electron chi connectivity index (χ1n) is 11.8. The van der Waals surface area contributed by atoms with E-state index in [1.165, 1.54) is 11.1 Å². The fourth-order valence-electron chi connectivity index (χ4n) is 3.23. The van der Waals surface area contributed by atoms with Crippen molar-refractivity contribution >= 4 is 11.0 Å². The zero-order chi connectivity index (χ0) is 24.2. The Morgan fingerprint density at radius 2 is 1.82 bits per heavy atom. The van der Waals surface area contributed by atoms with Gasteiger partial charge in [0.25, 0.3) is 0 Å². The maximum absolute atomic E-state index is 12.8. The Morgan fingerprint density at radius 3 is 2.52 bits per heavy atom. The second-order valence-electron chi connectivity index (χ2n) is 8.55. The van der Waals surface area contributed by atoms with Gasteiger partial charge in [0.15, 0.2) is 17.1 Å². The number of rotatable bonds is 13. The van der Waals surface area contributed by atoms with Gasteiger partial charge in [-0.05, 0) is 78.5 Å². The summed E-state index contributed by atoms with van der Waals surface area (Å²) in [7, 11) is 0. The average Bonchev–Trinajstić information content (AvgIpc) is 2.75. The molecule has 0 saturated heterocycles. The molecule has 1 aromatic heterocycles. The molecule has 180 valence electrons. The summed E-state index contributed by atoms with van der Waals surface area (Å²) in [5.74, 6) is 1.01. The SMILES string of the molecule is CCC=CCCOc1c(OC(C)C)c(=O)oc2c(OCC=C(C)CCC=C(C)C)cccc12. The highest BCUT2D eigenvalue weighted by molar-refractivity contribution is 5.89. The summed E-state index contributed by atoms with van der Waals surface area (Å²) in [5.41, 5.74) is 2.38. The Labute approximate surface area is 197 Å². The van der Waals surface area contributed by atoms with Crippen molar-refractivity contribution in [1.82, 2.24) is 0 Å². The Morgan fingerprint density at radius 1 is 1.03 bits per heavy atom. The fourth-order valence-corrected chi connectivity index (χ4v) is 3.23. The molecule has 0 bridgehead atoms. The zero-order valence-electron chi connectivity index (χ0n) is 20.9. The number of hydrogen-bond acceptors (Lipinski definition) is 5. The molecular formula is C28H38O5. The normalized spacial score (nSPS) is 11.9. The first-order valence-corrected chi connectivity index (χ1v) is 11.8. The molecule has 0 spiro atoms. The number of benzene rings is 1. The molecule has 0 N–H and O–H groups in total. The number of ether oxygens (including phenoxy) is 3. The van der Waals surface area contributed by atoms with Crippen molar-refractivity contribution in [3.8, 4) is 17.2 Å². The lowest BCUT2D eigenvalue weighted by molar-refractivity contribution is 0.212. The van der Waals surface area contributed by atoms with Crippen LogP contribution in [-0.4, -0.2) is 19.3 Å². The van der Waals surface area contributed by atoms with Crippen molar-refractivity contribution in [2.24, 2.45) is 0 Å². The predicted octanol–water partition coefficient (Wildman–Crippen LogP) is 7.39. The van der Waals surface area contributed by atoms with E-state index < -0.39 is 5.63 Å². The lowest BCUT2D eigenvalue weighted by Crippen LogP contribution is -2.15. The summed E-state index contributed by atoms with van der Waals surface area (Å²) in [6.45, 7) is 12.9. The Kier molecular flexibility index (Phi) is 10.8. The van der Waals surface area contributed by atoms with Crippen molar-refractivity contribution in [1.29, 1.82) is 0 Å². The topological polar surface area (TPSA) is 57.9 Å². The minimum atomic E-state index is -0.570. The van der Waals surface area contributed by atoms with E-state index in [2.05, 4.69) is 52.0 Å². The molecule has 0 unspecified atom stereocenters. The third-order valence-corrected chi connectivity index (χ3v) is 4.86. The Hall–Kier alpha value is -2.95. The van der Waals surface area contributed by atoms with Crippen molar-refractivity contribution in [2.45, 2.75) is 73.3 Å². The largest absolute Gasteiger partial charge is 0.488 e. The quantitative estimate of drug-likeness (QED) is 0.179. The zero-order valence-corrected chi connectivity index (χ0v) is 20.9. The summed E-state index contributed by atoms with van der Waals surface area (Å²) in [6.07, 6.45) is 12.0. The predicted molar refractivity (Wildman–Crippen MR) is 136 cm³/mol. The van der Waals surface area contributed by atoms with E-state index in [0.29, 0.717) is 35.7 Å². The highest BCUT2D eigenvalue weighted by Crippen LogP contribution is 2.37. The van der Waals surface area contributed by atoms with Gasteiger partial charge in [0, 0.05) is 0 Å². The molecule has 0 aliphatic rings. The van der Waals surface area contributed by atoms with Crippen LogP contribution in [0.15, 0.2) is 62.9 Å². The molecule has 5 nitrogen and oxygen atoms in total. The van der Waals surface area contributed by atoms with E-state index in [1.54, 1.807) is 6.07 Å². The van der Waals surface area contributed by atoms with E-state index >= 15 is 0 Å². The van der Waals surface area contributed by atoms with Crippen molar-refractivity contribution < 1.29 is 18.6 Å². The molecule has 0 radical (unpaired) electrons. The molecule has 0 amide bonds. The van der Waals surface area contributed by atoms with Crippen LogP contribution in [0.1, 0.15) is 67.2 Å². The monoisotopic (exact) mass is 454 g/mol. The number of fused-ring (bicyclic) bond motifs is 1. The second kappa shape index (κ2) is 13.6. The smallest absolute Gasteiger partial charge is 0.383 e. The summed E-state index contributed by atoms with van der Waals surface area (Å²) >= 11 is 0. The molecule has 0 aliphatic carbocycles. The van der Waals surface area contributed by atoms with Gasteiger partial charge < -0.3 is 18.6 Å². The van der Waals surface area contributed by atoms with Gasteiger partial charge in [-0.2, -0.15) is 0 Å². The van der Waals surface area contributed by atoms with E-state index in [1.807, 2.05) is 26.0 Å². The minimum absolute atomic E-state index is 0.101. The van der Waals surface area contributed by atoms with Crippen molar-refractivity contribution in [2.75, 3.05) is 13.2 Å². The van der Waals surface area contributed by atoms with Crippen LogP contribution >= 0.6 is 0 Å². The standard InChI is InChI=1S/C28H38O5/c1-7-8-9-10-18-31-26-23-15-12-16-24(25(23)33-28(29)27(26)32-21(4)5)30-19-17-22(6)14-11-13-20(2)3/h8-9,12-13,15-17,21H,7,10-11,14,18-19H2,1-6H3. The number of hydrogen-bond donors (Lipinski definition) is 0. The van der Waals surface area contributed by atoms with Crippen LogP contribution in [0.4, 0.5) is 0 Å². The van der Waals surface area contributed by atoms with Crippen LogP contribution in [0.5, 0.6) is 17.2 Å². The molecule has 0 atom stereocenters. The van der Waals surface area contributed by atoms with Crippen LogP contribution in [0.2, 0.25) is 0 Å². The first kappa shape index (κ1) is 26.3. The van der Waals surface area contributed by atoms with Crippen molar-refractivity contribution in [3.63, 3.8) is 0 Å². The maximum Gasteiger partial charge on any atom is 0.383 e. The third kappa shape index (κ3) is 8.49.